The first kappa shape index (κ1) is 13.9. The van der Waals surface area contributed by atoms with Gasteiger partial charge in [-0.05, 0) is 19.1 Å². The molecule has 0 saturated heterocycles. The van der Waals surface area contributed by atoms with Crippen LogP contribution >= 0.6 is 23.4 Å². The van der Waals surface area contributed by atoms with Gasteiger partial charge in [0.05, 0.1) is 6.61 Å². The van der Waals surface area contributed by atoms with E-state index in [1.54, 1.807) is 6.07 Å². The van der Waals surface area contributed by atoms with Gasteiger partial charge in [-0.3, -0.25) is 0 Å². The smallest absolute Gasteiger partial charge is 0.190 e. The first-order valence-corrected chi connectivity index (χ1v) is 7.81. The molecule has 1 heterocycles. The fourth-order valence-corrected chi connectivity index (χ4v) is 3.03. The van der Waals surface area contributed by atoms with E-state index in [0.717, 1.165) is 18.7 Å². The molecule has 0 aliphatic heterocycles. The lowest BCUT2D eigenvalue weighted by molar-refractivity contribution is 0.296. The number of thioether (sulfide) groups is 1. The highest BCUT2D eigenvalue weighted by Crippen LogP contribution is 2.29. The summed E-state index contributed by atoms with van der Waals surface area (Å²) in [5.74, 6) is 0.834. The Morgan fingerprint density at radius 3 is 2.78 bits per heavy atom. The third-order valence-electron chi connectivity index (χ3n) is 3.24. The lowest BCUT2D eigenvalue weighted by Crippen LogP contribution is -2.36. The van der Waals surface area contributed by atoms with Crippen LogP contribution in [0.5, 0.6) is 0 Å². The summed E-state index contributed by atoms with van der Waals surface area (Å²) in [4.78, 5) is 10.8. The van der Waals surface area contributed by atoms with Crippen molar-refractivity contribution < 1.29 is 5.11 Å². The Bertz CT molecular complexity index is 399. The summed E-state index contributed by atoms with van der Waals surface area (Å²) in [5.41, 5.74) is 0. The summed E-state index contributed by atoms with van der Waals surface area (Å²) in [6.07, 6.45) is 6.76. The van der Waals surface area contributed by atoms with Crippen molar-refractivity contribution in [2.24, 2.45) is 0 Å². The number of nitrogens with zero attached hydrogens (tertiary/aromatic N) is 3. The second-order valence-electron chi connectivity index (χ2n) is 4.39. The lowest BCUT2D eigenvalue weighted by Gasteiger charge is -2.29. The molecule has 4 nitrogen and oxygen atoms in total. The molecule has 2 rings (SSSR count). The van der Waals surface area contributed by atoms with Crippen molar-refractivity contribution in [3.63, 3.8) is 0 Å². The van der Waals surface area contributed by atoms with Crippen molar-refractivity contribution in [2.45, 2.75) is 36.9 Å². The summed E-state index contributed by atoms with van der Waals surface area (Å²) in [5, 5.41) is 10.4. The van der Waals surface area contributed by atoms with Gasteiger partial charge < -0.3 is 10.0 Å². The van der Waals surface area contributed by atoms with Crippen LogP contribution in [0.1, 0.15) is 25.7 Å². The Kier molecular flexibility index (Phi) is 5.09. The van der Waals surface area contributed by atoms with Crippen LogP contribution < -0.4 is 4.90 Å². The fourth-order valence-electron chi connectivity index (χ4n) is 2.43. The molecule has 1 aromatic heterocycles. The maximum Gasteiger partial charge on any atom is 0.190 e. The molecule has 18 heavy (non-hydrogen) atoms. The van der Waals surface area contributed by atoms with Gasteiger partial charge >= 0.3 is 0 Å². The molecule has 1 N–H and O–H groups in total. The molecule has 100 valence electrons. The fraction of sp³-hybridized carbons (Fsp3) is 0.667. The molecular formula is C12H18ClN3OS. The van der Waals surface area contributed by atoms with E-state index in [0.29, 0.717) is 22.9 Å². The molecule has 0 atom stereocenters. The van der Waals surface area contributed by atoms with E-state index in [1.165, 1.54) is 24.6 Å². The molecule has 1 saturated carbocycles. The Balaban J connectivity index is 2.25. The first-order chi connectivity index (χ1) is 8.74. The molecular weight excluding hydrogens is 270 g/mol. The zero-order chi connectivity index (χ0) is 13.0. The zero-order valence-electron chi connectivity index (χ0n) is 10.5. The molecule has 1 aliphatic carbocycles. The minimum Gasteiger partial charge on any atom is -0.395 e. The molecule has 0 radical (unpaired) electrons. The number of rotatable bonds is 5. The SMILES string of the molecule is CSc1nc(Cl)cc(N(CCO)C2CCCC2)n1. The number of halogens is 1. The number of aliphatic hydroxyl groups excluding tert-OH is 1. The average Bonchev–Trinajstić information content (AvgIpc) is 2.88. The van der Waals surface area contributed by atoms with Crippen LogP contribution in [0.25, 0.3) is 0 Å². The van der Waals surface area contributed by atoms with Gasteiger partial charge in [-0.1, -0.05) is 36.2 Å². The third kappa shape index (κ3) is 3.28. The normalized spacial score (nSPS) is 16.2. The molecule has 1 fully saturated rings. The van der Waals surface area contributed by atoms with Gasteiger partial charge in [0, 0.05) is 18.7 Å². The maximum atomic E-state index is 9.23. The largest absolute Gasteiger partial charge is 0.395 e. The molecule has 6 heteroatoms. The topological polar surface area (TPSA) is 49.2 Å². The molecule has 0 unspecified atom stereocenters. The molecule has 1 aromatic rings. The predicted molar refractivity (Wildman–Crippen MR) is 75.5 cm³/mol. The monoisotopic (exact) mass is 287 g/mol. The van der Waals surface area contributed by atoms with E-state index < -0.39 is 0 Å². The Morgan fingerprint density at radius 2 is 2.17 bits per heavy atom. The van der Waals surface area contributed by atoms with Gasteiger partial charge in [-0.15, -0.1) is 0 Å². The third-order valence-corrected chi connectivity index (χ3v) is 3.99. The second kappa shape index (κ2) is 6.59. The van der Waals surface area contributed by atoms with Crippen LogP contribution in [-0.4, -0.2) is 40.5 Å². The van der Waals surface area contributed by atoms with Gasteiger partial charge in [0.25, 0.3) is 0 Å². The Labute approximate surface area is 117 Å². The van der Waals surface area contributed by atoms with E-state index in [-0.39, 0.29) is 6.61 Å². The summed E-state index contributed by atoms with van der Waals surface area (Å²) < 4.78 is 0. The Morgan fingerprint density at radius 1 is 1.44 bits per heavy atom. The Hall–Kier alpha value is -0.520. The van der Waals surface area contributed by atoms with Crippen molar-refractivity contribution in [3.8, 4) is 0 Å². The summed E-state index contributed by atoms with van der Waals surface area (Å²) in [6.45, 7) is 0.735. The van der Waals surface area contributed by atoms with Crippen LogP contribution in [0.3, 0.4) is 0 Å². The summed E-state index contributed by atoms with van der Waals surface area (Å²) in [7, 11) is 0. The van der Waals surface area contributed by atoms with Crippen LogP contribution in [-0.2, 0) is 0 Å². The molecule has 0 aromatic carbocycles. The van der Waals surface area contributed by atoms with Gasteiger partial charge in [0.2, 0.25) is 0 Å². The average molecular weight is 288 g/mol. The predicted octanol–water partition coefficient (Wildman–Crippen LogP) is 2.59. The van der Waals surface area contributed by atoms with Gasteiger partial charge in [0.15, 0.2) is 5.16 Å². The van der Waals surface area contributed by atoms with E-state index in [1.807, 2.05) is 6.26 Å². The summed E-state index contributed by atoms with van der Waals surface area (Å²) >= 11 is 7.51. The van der Waals surface area contributed by atoms with Crippen LogP contribution in [0.4, 0.5) is 5.82 Å². The lowest BCUT2D eigenvalue weighted by atomic mass is 10.2. The number of aromatic nitrogens is 2. The van der Waals surface area contributed by atoms with Crippen LogP contribution in [0, 0.1) is 0 Å². The summed E-state index contributed by atoms with van der Waals surface area (Å²) in [6, 6.07) is 2.26. The minimum atomic E-state index is 0.132. The van der Waals surface area contributed by atoms with E-state index in [4.69, 9.17) is 11.6 Å². The van der Waals surface area contributed by atoms with Crippen molar-refractivity contribution in [1.82, 2.24) is 9.97 Å². The van der Waals surface area contributed by atoms with Crippen molar-refractivity contribution in [1.29, 1.82) is 0 Å². The molecule has 1 aliphatic rings. The first-order valence-electron chi connectivity index (χ1n) is 6.20. The zero-order valence-corrected chi connectivity index (χ0v) is 12.0. The highest BCUT2D eigenvalue weighted by atomic mass is 35.5. The van der Waals surface area contributed by atoms with Crippen LogP contribution in [0.15, 0.2) is 11.2 Å². The number of aliphatic hydroxyl groups is 1. The standard InChI is InChI=1S/C12H18ClN3OS/c1-18-12-14-10(13)8-11(15-12)16(6-7-17)9-4-2-3-5-9/h8-9,17H,2-7H2,1H3. The van der Waals surface area contributed by atoms with Crippen molar-refractivity contribution >= 4 is 29.2 Å². The van der Waals surface area contributed by atoms with Crippen molar-refractivity contribution in [2.75, 3.05) is 24.3 Å². The molecule has 0 spiro atoms. The minimum absolute atomic E-state index is 0.132. The van der Waals surface area contributed by atoms with Gasteiger partial charge in [-0.25, -0.2) is 9.97 Å². The second-order valence-corrected chi connectivity index (χ2v) is 5.55. The molecule has 0 amide bonds. The van der Waals surface area contributed by atoms with Crippen molar-refractivity contribution in [3.05, 3.63) is 11.2 Å². The number of anilines is 1. The quantitative estimate of drug-likeness (QED) is 0.512. The van der Waals surface area contributed by atoms with Gasteiger partial charge in [0.1, 0.15) is 11.0 Å². The highest BCUT2D eigenvalue weighted by Gasteiger charge is 2.24. The van der Waals surface area contributed by atoms with E-state index in [9.17, 15) is 5.11 Å². The van der Waals surface area contributed by atoms with E-state index in [2.05, 4.69) is 14.9 Å². The van der Waals surface area contributed by atoms with Crippen LogP contribution in [0.2, 0.25) is 5.15 Å². The number of hydrogen-bond acceptors (Lipinski definition) is 5. The maximum absolute atomic E-state index is 9.23. The highest BCUT2D eigenvalue weighted by molar-refractivity contribution is 7.98. The molecule has 0 bridgehead atoms. The van der Waals surface area contributed by atoms with E-state index >= 15 is 0 Å². The number of hydrogen-bond donors (Lipinski definition) is 1. The van der Waals surface area contributed by atoms with Gasteiger partial charge in [-0.2, -0.15) is 0 Å².